The molecular weight excluding hydrogens is 296 g/mol. The van der Waals surface area contributed by atoms with Gasteiger partial charge in [-0.2, -0.15) is 0 Å². The van der Waals surface area contributed by atoms with Crippen LogP contribution in [-0.2, 0) is 0 Å². The van der Waals surface area contributed by atoms with Crippen LogP contribution in [0.4, 0.5) is 0 Å². The first kappa shape index (κ1) is 12.0. The first-order valence-electron chi connectivity index (χ1n) is 6.07. The molecule has 0 amide bonds. The number of benzene rings is 2. The molecule has 90 valence electrons. The number of hydrogen-bond acceptors (Lipinski definition) is 0. The lowest BCUT2D eigenvalue weighted by Gasteiger charge is -2.07. The standard InChI is InChI=1S/C18H11Br/c19-18-12-16(14-7-3-1-4-8-14)11-17(13-18)15-9-5-2-6-10-15/h1,3-5,7-13H. The molecule has 0 nitrogen and oxygen atoms in total. The Kier molecular flexibility index (Phi) is 3.35. The van der Waals surface area contributed by atoms with E-state index in [9.17, 15) is 0 Å². The number of halogens is 1. The van der Waals surface area contributed by atoms with Crippen molar-refractivity contribution in [2.24, 2.45) is 0 Å². The Bertz CT molecular complexity index is 615. The van der Waals surface area contributed by atoms with Crippen LogP contribution in [0.5, 0.6) is 0 Å². The molecule has 0 saturated carbocycles. The highest BCUT2D eigenvalue weighted by Crippen LogP contribution is 2.29. The van der Waals surface area contributed by atoms with Gasteiger partial charge in [-0.1, -0.05) is 58.4 Å². The molecule has 0 spiro atoms. The second kappa shape index (κ2) is 5.30. The summed E-state index contributed by atoms with van der Waals surface area (Å²) in [5, 5.41) is 0. The van der Waals surface area contributed by atoms with Crippen molar-refractivity contribution in [3.8, 4) is 22.3 Å². The third-order valence-electron chi connectivity index (χ3n) is 3.00. The van der Waals surface area contributed by atoms with Crippen molar-refractivity contribution in [2.75, 3.05) is 0 Å². The van der Waals surface area contributed by atoms with Gasteiger partial charge in [0.25, 0.3) is 0 Å². The van der Waals surface area contributed by atoms with Gasteiger partial charge >= 0.3 is 0 Å². The van der Waals surface area contributed by atoms with Gasteiger partial charge in [-0.25, -0.2) is 0 Å². The lowest BCUT2D eigenvalue weighted by atomic mass is 10.00. The number of hydrogen-bond donors (Lipinski definition) is 0. The molecule has 0 aliphatic rings. The quantitative estimate of drug-likeness (QED) is 0.596. The lowest BCUT2D eigenvalue weighted by Crippen LogP contribution is -1.82. The van der Waals surface area contributed by atoms with E-state index in [1.54, 1.807) is 0 Å². The normalized spacial score (nSPS) is 9.95. The molecule has 0 aliphatic carbocycles. The fraction of sp³-hybridized carbons (Fsp3) is 0. The molecule has 0 N–H and O–H groups in total. The molecule has 0 fully saturated rings. The minimum absolute atomic E-state index is 1.08. The topological polar surface area (TPSA) is 0 Å². The molecule has 0 heterocycles. The average Bonchev–Trinajstić information content (AvgIpc) is 2.48. The van der Waals surface area contributed by atoms with Gasteiger partial charge in [-0.3, -0.25) is 0 Å². The van der Waals surface area contributed by atoms with E-state index in [1.165, 1.54) is 16.7 Å². The molecule has 1 heteroatoms. The maximum atomic E-state index is 3.59. The van der Waals surface area contributed by atoms with Crippen LogP contribution in [-0.4, -0.2) is 0 Å². The molecular formula is C18H11Br. The first-order chi connectivity index (χ1) is 9.33. The largest absolute Gasteiger partial charge is 0.0702 e. The highest BCUT2D eigenvalue weighted by Gasteiger charge is 2.03. The Morgan fingerprint density at radius 1 is 0.684 bits per heavy atom. The number of rotatable bonds is 2. The van der Waals surface area contributed by atoms with Crippen LogP contribution < -0.4 is 0 Å². The van der Waals surface area contributed by atoms with E-state index in [2.05, 4.69) is 70.5 Å². The second-order valence-electron chi connectivity index (χ2n) is 4.32. The van der Waals surface area contributed by atoms with Crippen LogP contribution in [0.1, 0.15) is 0 Å². The molecule has 0 bridgehead atoms. The van der Waals surface area contributed by atoms with Crippen molar-refractivity contribution >= 4 is 15.9 Å². The van der Waals surface area contributed by atoms with E-state index in [1.807, 2.05) is 24.3 Å². The minimum atomic E-state index is 1.08. The van der Waals surface area contributed by atoms with E-state index in [-0.39, 0.29) is 0 Å². The highest BCUT2D eigenvalue weighted by molar-refractivity contribution is 9.10. The van der Waals surface area contributed by atoms with Crippen molar-refractivity contribution in [3.05, 3.63) is 83.3 Å². The van der Waals surface area contributed by atoms with Crippen molar-refractivity contribution in [1.29, 1.82) is 0 Å². The Morgan fingerprint density at radius 2 is 1.42 bits per heavy atom. The SMILES string of the molecule is Brc1cc(-c2cc#ccc2)cc(-c2ccccc2)c1. The zero-order valence-corrected chi connectivity index (χ0v) is 11.8. The lowest BCUT2D eigenvalue weighted by molar-refractivity contribution is 1.57. The zero-order valence-electron chi connectivity index (χ0n) is 10.2. The maximum absolute atomic E-state index is 3.59. The summed E-state index contributed by atoms with van der Waals surface area (Å²) >= 11 is 3.59. The summed E-state index contributed by atoms with van der Waals surface area (Å²) in [6.45, 7) is 0. The Labute approximate surface area is 121 Å². The maximum Gasteiger partial charge on any atom is 0.0187 e. The van der Waals surface area contributed by atoms with Crippen LogP contribution >= 0.6 is 15.9 Å². The van der Waals surface area contributed by atoms with E-state index in [4.69, 9.17) is 0 Å². The van der Waals surface area contributed by atoms with Gasteiger partial charge in [-0.05, 0) is 58.7 Å². The predicted octanol–water partition coefficient (Wildman–Crippen LogP) is 5.38. The second-order valence-corrected chi connectivity index (χ2v) is 5.23. The summed E-state index contributed by atoms with van der Waals surface area (Å²) in [4.78, 5) is 0. The van der Waals surface area contributed by atoms with Gasteiger partial charge < -0.3 is 0 Å². The van der Waals surface area contributed by atoms with Gasteiger partial charge in [0, 0.05) is 4.47 Å². The third-order valence-corrected chi connectivity index (χ3v) is 3.45. The Balaban J connectivity index is 2.12. The van der Waals surface area contributed by atoms with Gasteiger partial charge in [0.15, 0.2) is 0 Å². The fourth-order valence-electron chi connectivity index (χ4n) is 2.08. The summed E-state index contributed by atoms with van der Waals surface area (Å²) in [6, 6.07) is 28.7. The van der Waals surface area contributed by atoms with Crippen molar-refractivity contribution < 1.29 is 0 Å². The molecule has 0 saturated heterocycles. The molecule has 3 aromatic rings. The fourth-order valence-corrected chi connectivity index (χ4v) is 2.57. The van der Waals surface area contributed by atoms with Crippen molar-refractivity contribution in [3.63, 3.8) is 0 Å². The average molecular weight is 307 g/mol. The van der Waals surface area contributed by atoms with Gasteiger partial charge in [0.2, 0.25) is 0 Å². The summed E-state index contributed by atoms with van der Waals surface area (Å²) in [6.07, 6.45) is 0. The van der Waals surface area contributed by atoms with Gasteiger partial charge in [-0.15, -0.1) is 0 Å². The predicted molar refractivity (Wildman–Crippen MR) is 82.7 cm³/mol. The van der Waals surface area contributed by atoms with Crippen molar-refractivity contribution in [1.82, 2.24) is 0 Å². The van der Waals surface area contributed by atoms with Crippen LogP contribution in [0.15, 0.2) is 71.2 Å². The van der Waals surface area contributed by atoms with Crippen LogP contribution in [0, 0.1) is 12.1 Å². The third kappa shape index (κ3) is 2.70. The molecule has 0 aromatic heterocycles. The summed E-state index contributed by atoms with van der Waals surface area (Å²) < 4.78 is 1.08. The zero-order chi connectivity index (χ0) is 13.1. The molecule has 0 atom stereocenters. The van der Waals surface area contributed by atoms with Crippen LogP contribution in [0.2, 0.25) is 0 Å². The Hall–Kier alpha value is -2.04. The van der Waals surface area contributed by atoms with Gasteiger partial charge in [0.05, 0.1) is 0 Å². The van der Waals surface area contributed by atoms with Gasteiger partial charge in [0.1, 0.15) is 0 Å². The van der Waals surface area contributed by atoms with Crippen molar-refractivity contribution in [2.45, 2.75) is 0 Å². The molecule has 0 radical (unpaired) electrons. The van der Waals surface area contributed by atoms with E-state index < -0.39 is 0 Å². The molecule has 3 rings (SSSR count). The molecule has 19 heavy (non-hydrogen) atoms. The summed E-state index contributed by atoms with van der Waals surface area (Å²) in [5.74, 6) is 0. The monoisotopic (exact) mass is 306 g/mol. The smallest absolute Gasteiger partial charge is 0.0187 e. The molecule has 0 unspecified atom stereocenters. The Morgan fingerprint density at radius 3 is 2.11 bits per heavy atom. The summed E-state index contributed by atoms with van der Waals surface area (Å²) in [7, 11) is 0. The van der Waals surface area contributed by atoms with E-state index in [0.29, 0.717) is 0 Å². The first-order valence-corrected chi connectivity index (χ1v) is 6.86. The van der Waals surface area contributed by atoms with E-state index >= 15 is 0 Å². The van der Waals surface area contributed by atoms with Crippen LogP contribution in [0.25, 0.3) is 22.3 Å². The molecule has 3 aromatic carbocycles. The highest BCUT2D eigenvalue weighted by atomic mass is 79.9. The summed E-state index contributed by atoms with van der Waals surface area (Å²) in [5.41, 5.74) is 4.75. The van der Waals surface area contributed by atoms with E-state index in [0.717, 1.165) is 10.0 Å². The van der Waals surface area contributed by atoms with Crippen LogP contribution in [0.3, 0.4) is 0 Å². The minimum Gasteiger partial charge on any atom is -0.0702 e. The molecule has 0 aliphatic heterocycles.